The van der Waals surface area contributed by atoms with Crippen molar-refractivity contribution in [3.05, 3.63) is 46.3 Å². The second kappa shape index (κ2) is 9.38. The van der Waals surface area contributed by atoms with Gasteiger partial charge in [0, 0.05) is 63.4 Å². The summed E-state index contributed by atoms with van der Waals surface area (Å²) < 4.78 is 31.2. The van der Waals surface area contributed by atoms with Crippen molar-refractivity contribution in [3.63, 3.8) is 0 Å². The Kier molecular flexibility index (Phi) is 6.84. The number of likely N-dealkylation sites (tertiary alicyclic amines) is 1. The van der Waals surface area contributed by atoms with Crippen molar-refractivity contribution in [1.29, 1.82) is 0 Å². The number of carbonyl (C=O) groups is 1. The molecule has 7 nitrogen and oxygen atoms in total. The zero-order valence-corrected chi connectivity index (χ0v) is 22.2. The predicted molar refractivity (Wildman–Crippen MR) is 136 cm³/mol. The third kappa shape index (κ3) is 4.38. The molecule has 0 unspecified atom stereocenters. The first kappa shape index (κ1) is 24.8. The third-order valence-electron chi connectivity index (χ3n) is 7.75. The molecule has 1 aromatic heterocycles. The van der Waals surface area contributed by atoms with Crippen LogP contribution in [-0.2, 0) is 17.1 Å². The van der Waals surface area contributed by atoms with Crippen molar-refractivity contribution in [2.75, 3.05) is 44.2 Å². The molecule has 2 aliphatic heterocycles. The lowest BCUT2D eigenvalue weighted by Gasteiger charge is -2.36. The van der Waals surface area contributed by atoms with Gasteiger partial charge in [-0.15, -0.1) is 0 Å². The Labute approximate surface area is 204 Å². The van der Waals surface area contributed by atoms with E-state index < -0.39 is 10.0 Å². The topological polar surface area (TPSA) is 65.9 Å². The van der Waals surface area contributed by atoms with E-state index in [0.717, 1.165) is 12.8 Å². The maximum absolute atomic E-state index is 13.9. The Morgan fingerprint density at radius 1 is 0.912 bits per heavy atom. The molecule has 0 N–H and O–H groups in total. The van der Waals surface area contributed by atoms with Gasteiger partial charge in [-0.3, -0.25) is 4.79 Å². The van der Waals surface area contributed by atoms with Crippen LogP contribution in [0.25, 0.3) is 0 Å². The number of piperidine rings is 1. The minimum Gasteiger partial charge on any atom is -0.369 e. The number of aryl methyl sites for hydroxylation is 2. The fourth-order valence-corrected chi connectivity index (χ4v) is 7.12. The molecule has 0 radical (unpaired) electrons. The highest BCUT2D eigenvalue weighted by Gasteiger charge is 2.38. The van der Waals surface area contributed by atoms with E-state index in [4.69, 9.17) is 0 Å². The summed E-state index contributed by atoms with van der Waals surface area (Å²) in [7, 11) is -1.96. The predicted octanol–water partition coefficient (Wildman–Crippen LogP) is 3.64. The quantitative estimate of drug-likeness (QED) is 0.662. The molecule has 1 aromatic carbocycles. The molecule has 0 aliphatic carbocycles. The van der Waals surface area contributed by atoms with Crippen LogP contribution in [0.15, 0.2) is 23.1 Å². The van der Waals surface area contributed by atoms with Crippen LogP contribution in [0, 0.1) is 33.6 Å². The molecular weight excluding hydrogens is 448 g/mol. The van der Waals surface area contributed by atoms with Crippen LogP contribution < -0.4 is 4.90 Å². The first-order chi connectivity index (χ1) is 16.0. The summed E-state index contributed by atoms with van der Waals surface area (Å²) in [6.07, 6.45) is 1.91. The van der Waals surface area contributed by atoms with E-state index in [1.165, 1.54) is 16.8 Å². The number of hydrogen-bond acceptors (Lipinski definition) is 4. The van der Waals surface area contributed by atoms with Gasteiger partial charge in [0.15, 0.2) is 0 Å². The number of carbonyl (C=O) groups excluding carboxylic acids is 1. The van der Waals surface area contributed by atoms with Gasteiger partial charge in [0.1, 0.15) is 4.90 Å². The van der Waals surface area contributed by atoms with Crippen molar-refractivity contribution >= 4 is 21.6 Å². The zero-order valence-electron chi connectivity index (χ0n) is 21.4. The Morgan fingerprint density at radius 2 is 1.53 bits per heavy atom. The van der Waals surface area contributed by atoms with Crippen LogP contribution >= 0.6 is 0 Å². The highest BCUT2D eigenvalue weighted by molar-refractivity contribution is 7.89. The first-order valence-electron chi connectivity index (χ1n) is 12.3. The van der Waals surface area contributed by atoms with E-state index in [2.05, 4.69) is 43.9 Å². The van der Waals surface area contributed by atoms with Gasteiger partial charge in [-0.25, -0.2) is 8.42 Å². The number of anilines is 1. The molecule has 186 valence electrons. The van der Waals surface area contributed by atoms with E-state index in [1.54, 1.807) is 11.2 Å². The molecule has 3 heterocycles. The minimum atomic E-state index is -3.81. The molecule has 2 saturated heterocycles. The van der Waals surface area contributed by atoms with Crippen LogP contribution in [0.4, 0.5) is 5.69 Å². The van der Waals surface area contributed by atoms with Crippen molar-refractivity contribution in [1.82, 2.24) is 13.8 Å². The van der Waals surface area contributed by atoms with Crippen molar-refractivity contribution in [2.45, 2.75) is 52.4 Å². The molecule has 4 rings (SSSR count). The standard InChI is InChI=1S/C26H38N4O3S/c1-18-9-11-29(12-10-18)26(31)24-21(4)27(6)22(5)25(24)34(32,33)30-15-13-28(14-16-30)23-17-19(2)7-8-20(23)3/h7-8,17-18H,9-16H2,1-6H3. The number of nitrogens with zero attached hydrogens (tertiary/aromatic N) is 4. The average molecular weight is 487 g/mol. The molecule has 1 amide bonds. The van der Waals surface area contributed by atoms with Crippen molar-refractivity contribution in [3.8, 4) is 0 Å². The van der Waals surface area contributed by atoms with E-state index in [-0.39, 0.29) is 10.8 Å². The third-order valence-corrected chi connectivity index (χ3v) is 9.81. The van der Waals surface area contributed by atoms with Gasteiger partial charge in [0.2, 0.25) is 10.0 Å². The summed E-state index contributed by atoms with van der Waals surface area (Å²) in [5.41, 5.74) is 5.25. The molecule has 8 heteroatoms. The minimum absolute atomic E-state index is 0.152. The molecule has 2 aliphatic rings. The fourth-order valence-electron chi connectivity index (χ4n) is 5.21. The van der Waals surface area contributed by atoms with E-state index >= 15 is 0 Å². The van der Waals surface area contributed by atoms with Gasteiger partial charge < -0.3 is 14.4 Å². The Morgan fingerprint density at radius 3 is 2.15 bits per heavy atom. The Bertz CT molecular complexity index is 1190. The zero-order chi connectivity index (χ0) is 24.8. The van der Waals surface area contributed by atoms with E-state index in [1.807, 2.05) is 23.4 Å². The van der Waals surface area contributed by atoms with E-state index in [9.17, 15) is 13.2 Å². The summed E-state index contributed by atoms with van der Waals surface area (Å²) in [6.45, 7) is 13.4. The van der Waals surface area contributed by atoms with Crippen molar-refractivity contribution in [2.24, 2.45) is 13.0 Å². The first-order valence-corrected chi connectivity index (χ1v) is 13.7. The molecule has 2 aromatic rings. The smallest absolute Gasteiger partial charge is 0.257 e. The van der Waals surface area contributed by atoms with Crippen LogP contribution in [-0.4, -0.2) is 67.4 Å². The molecular formula is C26H38N4O3S. The highest BCUT2D eigenvalue weighted by Crippen LogP contribution is 2.32. The molecule has 0 bridgehead atoms. The van der Waals surface area contributed by atoms with Gasteiger partial charge in [-0.05, 0) is 63.6 Å². The lowest BCUT2D eigenvalue weighted by molar-refractivity contribution is 0.0692. The van der Waals surface area contributed by atoms with Gasteiger partial charge in [0.05, 0.1) is 5.56 Å². The van der Waals surface area contributed by atoms with Crippen LogP contribution in [0.2, 0.25) is 0 Å². The number of hydrogen-bond donors (Lipinski definition) is 0. The summed E-state index contributed by atoms with van der Waals surface area (Å²) >= 11 is 0. The number of aromatic nitrogens is 1. The Balaban J connectivity index is 1.61. The van der Waals surface area contributed by atoms with E-state index in [0.29, 0.717) is 62.1 Å². The lowest BCUT2D eigenvalue weighted by atomic mass is 9.98. The molecule has 0 spiro atoms. The number of benzene rings is 1. The average Bonchev–Trinajstić information content (AvgIpc) is 3.05. The molecule has 34 heavy (non-hydrogen) atoms. The second-order valence-corrected chi connectivity index (χ2v) is 12.0. The summed E-state index contributed by atoms with van der Waals surface area (Å²) in [5.74, 6) is 0.444. The van der Waals surface area contributed by atoms with Gasteiger partial charge >= 0.3 is 0 Å². The summed E-state index contributed by atoms with van der Waals surface area (Å²) in [5, 5.41) is 0. The number of piperazine rings is 1. The van der Waals surface area contributed by atoms with Gasteiger partial charge in [0.25, 0.3) is 5.91 Å². The Hall–Kier alpha value is -2.32. The maximum Gasteiger partial charge on any atom is 0.257 e. The molecule has 2 fully saturated rings. The van der Waals surface area contributed by atoms with Crippen LogP contribution in [0.3, 0.4) is 0 Å². The fraction of sp³-hybridized carbons (Fsp3) is 0.577. The molecule has 0 atom stereocenters. The number of amides is 1. The lowest BCUT2D eigenvalue weighted by Crippen LogP contribution is -2.49. The SMILES string of the molecule is Cc1ccc(C)c(N2CCN(S(=O)(=O)c3c(C(=O)N4CCC(C)CC4)c(C)n(C)c3C)CC2)c1. The van der Waals surface area contributed by atoms with Gasteiger partial charge in [-0.2, -0.15) is 4.31 Å². The largest absolute Gasteiger partial charge is 0.369 e. The normalized spacial score (nSPS) is 18.5. The van der Waals surface area contributed by atoms with Gasteiger partial charge in [-0.1, -0.05) is 19.1 Å². The van der Waals surface area contributed by atoms with Crippen molar-refractivity contribution < 1.29 is 13.2 Å². The maximum atomic E-state index is 13.9. The van der Waals surface area contributed by atoms with Crippen LogP contribution in [0.5, 0.6) is 0 Å². The number of sulfonamides is 1. The molecule has 0 saturated carbocycles. The summed E-state index contributed by atoms with van der Waals surface area (Å²) in [6, 6.07) is 6.38. The monoisotopic (exact) mass is 486 g/mol. The number of rotatable bonds is 4. The highest BCUT2D eigenvalue weighted by atomic mass is 32.2. The summed E-state index contributed by atoms with van der Waals surface area (Å²) in [4.78, 5) is 17.9. The van der Waals surface area contributed by atoms with Crippen LogP contribution in [0.1, 0.15) is 52.6 Å². The second-order valence-electron chi connectivity index (χ2n) is 10.1.